The van der Waals surface area contributed by atoms with E-state index in [9.17, 15) is 19.2 Å². The van der Waals surface area contributed by atoms with Gasteiger partial charge in [0.05, 0.1) is 28.6 Å². The summed E-state index contributed by atoms with van der Waals surface area (Å²) in [5, 5.41) is 11.6. The van der Waals surface area contributed by atoms with Crippen LogP contribution in [0.25, 0.3) is 11.2 Å². The van der Waals surface area contributed by atoms with Crippen LogP contribution in [0.4, 0.5) is 5.82 Å². The summed E-state index contributed by atoms with van der Waals surface area (Å²) in [7, 11) is 0. The van der Waals surface area contributed by atoms with Gasteiger partial charge in [0, 0.05) is 0 Å². The van der Waals surface area contributed by atoms with E-state index in [0.29, 0.717) is 0 Å². The molecular formula is C38H30N6O9. The zero-order valence-electron chi connectivity index (χ0n) is 27.8. The van der Waals surface area contributed by atoms with E-state index in [1.807, 2.05) is 0 Å². The first-order valence-corrected chi connectivity index (χ1v) is 16.3. The number of nitrogens with zero attached hydrogens (tertiary/aromatic N) is 5. The summed E-state index contributed by atoms with van der Waals surface area (Å²) >= 11 is 0. The van der Waals surface area contributed by atoms with E-state index >= 15 is 0 Å². The number of ether oxygens (including phenoxy) is 5. The molecule has 6 aromatic rings. The van der Waals surface area contributed by atoms with E-state index < -0.39 is 61.1 Å². The molecule has 1 unspecified atom stereocenters. The number of anilines is 1. The van der Waals surface area contributed by atoms with Crippen LogP contribution in [-0.4, -0.2) is 80.4 Å². The van der Waals surface area contributed by atoms with Crippen LogP contribution in [0.2, 0.25) is 0 Å². The molecule has 2 N–H and O–H groups in total. The molecule has 0 radical (unpaired) electrons. The van der Waals surface area contributed by atoms with Crippen molar-refractivity contribution in [1.82, 2.24) is 25.0 Å². The SMILES string of the molecule is Nc1nnnc2c1ncn2[C@]1(COC(=O)c2ccccc2)O[C@H](COC(=O)c2ccccc2)[C@@H](OC(=O)c2ccccc2)C1OC(=O)c1ccccc1. The van der Waals surface area contributed by atoms with Crippen molar-refractivity contribution in [3.8, 4) is 0 Å². The third-order valence-electron chi connectivity index (χ3n) is 8.45. The van der Waals surface area contributed by atoms with Crippen LogP contribution >= 0.6 is 0 Å². The highest BCUT2D eigenvalue weighted by atomic mass is 16.7. The highest BCUT2D eigenvalue weighted by molar-refractivity contribution is 5.91. The lowest BCUT2D eigenvalue weighted by molar-refractivity contribution is -0.172. The predicted octanol–water partition coefficient (Wildman–Crippen LogP) is 4.02. The Morgan fingerprint density at radius 2 is 1.15 bits per heavy atom. The Labute approximate surface area is 301 Å². The Kier molecular flexibility index (Phi) is 9.80. The monoisotopic (exact) mass is 714 g/mol. The number of carbonyl (C=O) groups is 4. The fourth-order valence-electron chi connectivity index (χ4n) is 5.87. The second-order valence-corrected chi connectivity index (χ2v) is 11.8. The van der Waals surface area contributed by atoms with Crippen molar-refractivity contribution in [3.63, 3.8) is 0 Å². The van der Waals surface area contributed by atoms with E-state index in [1.54, 1.807) is 97.1 Å². The first kappa shape index (κ1) is 34.4. The van der Waals surface area contributed by atoms with E-state index in [-0.39, 0.29) is 39.2 Å². The molecule has 1 aliphatic rings. The summed E-state index contributed by atoms with van der Waals surface area (Å²) in [4.78, 5) is 58.6. The summed E-state index contributed by atoms with van der Waals surface area (Å²) in [6.45, 7) is -1.17. The van der Waals surface area contributed by atoms with Crippen LogP contribution in [0.5, 0.6) is 0 Å². The number of nitrogens with two attached hydrogens (primary N) is 1. The number of fused-ring (bicyclic) bond motifs is 1. The second-order valence-electron chi connectivity index (χ2n) is 11.8. The predicted molar refractivity (Wildman–Crippen MR) is 185 cm³/mol. The van der Waals surface area contributed by atoms with Crippen molar-refractivity contribution < 1.29 is 42.9 Å². The molecule has 15 nitrogen and oxygen atoms in total. The van der Waals surface area contributed by atoms with Gasteiger partial charge in [0.25, 0.3) is 0 Å². The maximum Gasteiger partial charge on any atom is 0.338 e. The number of aromatic nitrogens is 5. The van der Waals surface area contributed by atoms with Crippen molar-refractivity contribution >= 4 is 40.9 Å². The summed E-state index contributed by atoms with van der Waals surface area (Å²) in [5.74, 6) is -3.18. The van der Waals surface area contributed by atoms with Gasteiger partial charge in [-0.3, -0.25) is 4.57 Å². The van der Waals surface area contributed by atoms with Gasteiger partial charge in [-0.1, -0.05) is 72.8 Å². The smallest absolute Gasteiger partial charge is 0.338 e. The maximum atomic E-state index is 13.9. The summed E-state index contributed by atoms with van der Waals surface area (Å²) in [6.07, 6.45) is -3.16. The largest absolute Gasteiger partial charge is 0.459 e. The molecule has 3 heterocycles. The molecule has 1 aliphatic heterocycles. The third-order valence-corrected chi connectivity index (χ3v) is 8.45. The quantitative estimate of drug-likeness (QED) is 0.149. The van der Waals surface area contributed by atoms with Crippen molar-refractivity contribution in [2.24, 2.45) is 0 Å². The number of benzene rings is 4. The van der Waals surface area contributed by atoms with E-state index in [4.69, 9.17) is 29.4 Å². The van der Waals surface area contributed by atoms with E-state index in [0.717, 1.165) is 0 Å². The van der Waals surface area contributed by atoms with Gasteiger partial charge in [-0.25, -0.2) is 24.2 Å². The van der Waals surface area contributed by atoms with Crippen molar-refractivity contribution in [3.05, 3.63) is 150 Å². The van der Waals surface area contributed by atoms with Crippen LogP contribution in [-0.2, 0) is 29.4 Å². The molecule has 0 aliphatic carbocycles. The number of esters is 4. The molecule has 0 spiro atoms. The fraction of sp³-hybridized carbons (Fsp3) is 0.158. The minimum atomic E-state index is -2.09. The number of nitrogen functional groups attached to an aromatic ring is 1. The highest BCUT2D eigenvalue weighted by Gasteiger charge is 2.62. The Balaban J connectivity index is 1.36. The topological polar surface area (TPSA) is 197 Å². The Morgan fingerprint density at radius 3 is 1.70 bits per heavy atom. The minimum absolute atomic E-state index is 0.00378. The number of hydrogen-bond acceptors (Lipinski definition) is 14. The van der Waals surface area contributed by atoms with Gasteiger partial charge in [0.15, 0.2) is 29.2 Å². The molecule has 4 aromatic carbocycles. The average molecular weight is 715 g/mol. The van der Waals surface area contributed by atoms with Gasteiger partial charge < -0.3 is 29.4 Å². The maximum absolute atomic E-state index is 13.9. The van der Waals surface area contributed by atoms with Crippen molar-refractivity contribution in [2.75, 3.05) is 18.9 Å². The molecule has 15 heteroatoms. The van der Waals surface area contributed by atoms with E-state index in [1.165, 1.54) is 35.2 Å². The van der Waals surface area contributed by atoms with Crippen molar-refractivity contribution in [2.45, 2.75) is 24.0 Å². The molecule has 1 saturated heterocycles. The Bertz CT molecular complexity index is 2240. The normalized spacial score (nSPS) is 19.3. The third kappa shape index (κ3) is 7.13. The fourth-order valence-corrected chi connectivity index (χ4v) is 5.87. The number of carbonyl (C=O) groups excluding carboxylic acids is 4. The van der Waals surface area contributed by atoms with Gasteiger partial charge in [-0.05, 0) is 53.7 Å². The molecule has 266 valence electrons. The molecule has 0 saturated carbocycles. The molecule has 53 heavy (non-hydrogen) atoms. The second kappa shape index (κ2) is 15.1. The van der Waals surface area contributed by atoms with Gasteiger partial charge in [0.1, 0.15) is 19.3 Å². The van der Waals surface area contributed by atoms with Crippen molar-refractivity contribution in [1.29, 1.82) is 0 Å². The van der Waals surface area contributed by atoms with Crippen LogP contribution in [0.1, 0.15) is 41.4 Å². The number of rotatable bonds is 11. The average Bonchev–Trinajstić information content (AvgIpc) is 3.77. The minimum Gasteiger partial charge on any atom is -0.459 e. The summed E-state index contributed by atoms with van der Waals surface area (Å²) in [5.41, 5.74) is 4.89. The van der Waals surface area contributed by atoms with Gasteiger partial charge >= 0.3 is 23.9 Å². The van der Waals surface area contributed by atoms with Crippen LogP contribution in [0, 0.1) is 0 Å². The lowest BCUT2D eigenvalue weighted by Crippen LogP contribution is -2.52. The van der Waals surface area contributed by atoms with Gasteiger partial charge in [-0.2, -0.15) is 0 Å². The summed E-state index contributed by atoms with van der Waals surface area (Å²) < 4.78 is 31.9. The van der Waals surface area contributed by atoms with Crippen LogP contribution < -0.4 is 5.73 Å². The molecular weight excluding hydrogens is 684 g/mol. The Hall–Kier alpha value is -7.00. The lowest BCUT2D eigenvalue weighted by Gasteiger charge is -2.35. The van der Waals surface area contributed by atoms with Crippen LogP contribution in [0.15, 0.2) is 128 Å². The standard InChI is InChI=1S/C38H30N6O9/c39-32-29-33(42-43-41-32)44(23-40-29)38(22-50-35(46)25-15-7-2-8-16-25)31(52-37(48)27-19-11-4-12-20-27)30(51-36(47)26-17-9-3-10-18-26)28(53-38)21-49-34(45)24-13-5-1-6-14-24/h1-20,23,28,30-31H,21-22H2,(H2,39,41,42)/t28-,30-,31?,38-/m1/s1. The molecule has 0 bridgehead atoms. The molecule has 4 atom stereocenters. The molecule has 7 rings (SSSR count). The first-order valence-electron chi connectivity index (χ1n) is 16.3. The summed E-state index contributed by atoms with van der Waals surface area (Å²) in [6, 6.07) is 32.6. The number of imidazole rings is 1. The van der Waals surface area contributed by atoms with E-state index in [2.05, 4.69) is 20.4 Å². The first-order chi connectivity index (χ1) is 25.8. The molecule has 1 fully saturated rings. The highest BCUT2D eigenvalue weighted by Crippen LogP contribution is 2.42. The number of hydrogen-bond donors (Lipinski definition) is 1. The molecule has 0 amide bonds. The molecule has 2 aromatic heterocycles. The van der Waals surface area contributed by atoms with Gasteiger partial charge in [-0.15, -0.1) is 10.2 Å². The van der Waals surface area contributed by atoms with Gasteiger partial charge in [0.2, 0.25) is 5.72 Å². The lowest BCUT2D eigenvalue weighted by atomic mass is 10.0. The zero-order valence-corrected chi connectivity index (χ0v) is 27.8. The Morgan fingerprint density at radius 1 is 0.660 bits per heavy atom. The van der Waals surface area contributed by atoms with Crippen LogP contribution in [0.3, 0.4) is 0 Å². The zero-order chi connectivity index (χ0) is 36.8.